The van der Waals surface area contributed by atoms with Crippen LogP contribution in [0.5, 0.6) is 0 Å². The van der Waals surface area contributed by atoms with Gasteiger partial charge in [-0.1, -0.05) is 13.0 Å². The summed E-state index contributed by atoms with van der Waals surface area (Å²) in [5.74, 6) is 0.441. The Kier molecular flexibility index (Phi) is 2.67. The van der Waals surface area contributed by atoms with Crippen LogP contribution in [0.3, 0.4) is 0 Å². The highest BCUT2D eigenvalue weighted by Gasteiger charge is 2.36. The van der Waals surface area contributed by atoms with Crippen molar-refractivity contribution in [2.24, 2.45) is 5.92 Å². The summed E-state index contributed by atoms with van der Waals surface area (Å²) < 4.78 is 26.8. The maximum atomic E-state index is 12.0. The van der Waals surface area contributed by atoms with E-state index in [9.17, 15) is 8.42 Å². The minimum atomic E-state index is -3.41. The summed E-state index contributed by atoms with van der Waals surface area (Å²) in [6.07, 6.45) is 0.917. The van der Waals surface area contributed by atoms with Gasteiger partial charge in [0.25, 0.3) is 0 Å². The van der Waals surface area contributed by atoms with E-state index < -0.39 is 10.0 Å². The fraction of sp³-hybridized carbons (Fsp3) is 0.455. The van der Waals surface area contributed by atoms with Crippen molar-refractivity contribution in [2.45, 2.75) is 31.2 Å². The average molecular weight is 240 g/mol. The van der Waals surface area contributed by atoms with E-state index in [1.807, 2.05) is 6.92 Å². The van der Waals surface area contributed by atoms with E-state index in [0.717, 1.165) is 12.0 Å². The number of aryl methyl sites for hydroxylation is 1. The van der Waals surface area contributed by atoms with Crippen LogP contribution in [-0.2, 0) is 10.0 Å². The molecule has 0 bridgehead atoms. The molecule has 3 N–H and O–H groups in total. The van der Waals surface area contributed by atoms with Gasteiger partial charge in [0.15, 0.2) is 0 Å². The highest BCUT2D eigenvalue weighted by atomic mass is 32.2. The van der Waals surface area contributed by atoms with E-state index in [1.165, 1.54) is 6.07 Å². The van der Waals surface area contributed by atoms with Gasteiger partial charge in [-0.2, -0.15) is 0 Å². The van der Waals surface area contributed by atoms with Gasteiger partial charge in [0, 0.05) is 11.7 Å². The zero-order valence-electron chi connectivity index (χ0n) is 9.40. The number of sulfonamides is 1. The molecule has 0 heterocycles. The van der Waals surface area contributed by atoms with Gasteiger partial charge in [-0.3, -0.25) is 0 Å². The van der Waals surface area contributed by atoms with Crippen LogP contribution in [0.15, 0.2) is 23.1 Å². The Labute approximate surface area is 95.9 Å². The van der Waals surface area contributed by atoms with Gasteiger partial charge in [-0.15, -0.1) is 0 Å². The van der Waals surface area contributed by atoms with Crippen LogP contribution in [0.1, 0.15) is 18.9 Å². The molecule has 16 heavy (non-hydrogen) atoms. The molecular formula is C11H16N2O2S. The molecule has 0 radical (unpaired) electrons. The molecule has 2 atom stereocenters. The number of hydrogen-bond acceptors (Lipinski definition) is 3. The maximum absolute atomic E-state index is 12.0. The summed E-state index contributed by atoms with van der Waals surface area (Å²) in [6.45, 7) is 3.80. The summed E-state index contributed by atoms with van der Waals surface area (Å²) in [4.78, 5) is 0.284. The Hall–Kier alpha value is -1.07. The lowest BCUT2D eigenvalue weighted by Crippen LogP contribution is -2.27. The lowest BCUT2D eigenvalue weighted by molar-refractivity contribution is 0.578. The highest BCUT2D eigenvalue weighted by molar-refractivity contribution is 7.89. The quantitative estimate of drug-likeness (QED) is 0.781. The fourth-order valence-corrected chi connectivity index (χ4v) is 3.29. The zero-order chi connectivity index (χ0) is 11.9. The second-order valence-corrected chi connectivity index (χ2v) is 6.15. The summed E-state index contributed by atoms with van der Waals surface area (Å²) in [5.41, 5.74) is 6.79. The number of hydrogen-bond donors (Lipinski definition) is 2. The van der Waals surface area contributed by atoms with E-state index >= 15 is 0 Å². The molecule has 0 spiro atoms. The van der Waals surface area contributed by atoms with Gasteiger partial charge in [0.05, 0.1) is 4.90 Å². The van der Waals surface area contributed by atoms with Crippen molar-refractivity contribution in [1.82, 2.24) is 4.72 Å². The molecule has 2 unspecified atom stereocenters. The molecule has 1 fully saturated rings. The molecule has 1 aliphatic carbocycles. The normalized spacial score (nSPS) is 24.4. The second kappa shape index (κ2) is 3.75. The van der Waals surface area contributed by atoms with Crippen molar-refractivity contribution < 1.29 is 8.42 Å². The van der Waals surface area contributed by atoms with Crippen LogP contribution in [0.25, 0.3) is 0 Å². The summed E-state index contributed by atoms with van der Waals surface area (Å²) >= 11 is 0. The zero-order valence-corrected chi connectivity index (χ0v) is 10.2. The molecule has 2 rings (SSSR count). The van der Waals surface area contributed by atoms with Crippen molar-refractivity contribution in [3.63, 3.8) is 0 Å². The molecule has 0 saturated heterocycles. The van der Waals surface area contributed by atoms with E-state index in [4.69, 9.17) is 5.73 Å². The first-order valence-corrected chi connectivity index (χ1v) is 6.77. The monoisotopic (exact) mass is 240 g/mol. The third-order valence-electron chi connectivity index (χ3n) is 2.92. The fourth-order valence-electron chi connectivity index (χ4n) is 1.66. The molecule has 5 heteroatoms. The van der Waals surface area contributed by atoms with Gasteiger partial charge in [-0.05, 0) is 37.0 Å². The third-order valence-corrected chi connectivity index (χ3v) is 4.55. The van der Waals surface area contributed by atoms with Crippen molar-refractivity contribution in [3.8, 4) is 0 Å². The topological polar surface area (TPSA) is 72.2 Å². The largest absolute Gasteiger partial charge is 0.399 e. The number of nitrogens with one attached hydrogen (secondary N) is 1. The molecular weight excluding hydrogens is 224 g/mol. The van der Waals surface area contributed by atoms with Gasteiger partial charge >= 0.3 is 0 Å². The number of benzene rings is 1. The Morgan fingerprint density at radius 1 is 1.44 bits per heavy atom. The van der Waals surface area contributed by atoms with Crippen molar-refractivity contribution in [2.75, 3.05) is 5.73 Å². The predicted molar refractivity (Wildman–Crippen MR) is 63.5 cm³/mol. The van der Waals surface area contributed by atoms with E-state index in [1.54, 1.807) is 19.1 Å². The molecule has 1 saturated carbocycles. The second-order valence-electron chi connectivity index (χ2n) is 4.47. The van der Waals surface area contributed by atoms with Crippen molar-refractivity contribution >= 4 is 15.7 Å². The first-order valence-electron chi connectivity index (χ1n) is 5.28. The predicted octanol–water partition coefficient (Wildman–Crippen LogP) is 1.26. The van der Waals surface area contributed by atoms with Gasteiger partial charge in [0.1, 0.15) is 0 Å². The van der Waals surface area contributed by atoms with Crippen LogP contribution < -0.4 is 10.5 Å². The Bertz CT molecular complexity index is 511. The molecule has 4 nitrogen and oxygen atoms in total. The summed E-state index contributed by atoms with van der Waals surface area (Å²) in [6, 6.07) is 5.02. The van der Waals surface area contributed by atoms with E-state index in [2.05, 4.69) is 4.72 Å². The smallest absolute Gasteiger partial charge is 0.241 e. The van der Waals surface area contributed by atoms with Crippen LogP contribution >= 0.6 is 0 Å². The van der Waals surface area contributed by atoms with Gasteiger partial charge < -0.3 is 5.73 Å². The SMILES string of the molecule is Cc1ccc(N)cc1S(=O)(=O)NC1CC1C. The van der Waals surface area contributed by atoms with Crippen LogP contribution in [0, 0.1) is 12.8 Å². The Morgan fingerprint density at radius 3 is 2.62 bits per heavy atom. The minimum Gasteiger partial charge on any atom is -0.399 e. The van der Waals surface area contributed by atoms with Gasteiger partial charge in [-0.25, -0.2) is 13.1 Å². The maximum Gasteiger partial charge on any atom is 0.241 e. The molecule has 0 aliphatic heterocycles. The molecule has 88 valence electrons. The molecule has 1 aromatic carbocycles. The van der Waals surface area contributed by atoms with Crippen LogP contribution in [-0.4, -0.2) is 14.5 Å². The van der Waals surface area contributed by atoms with Crippen LogP contribution in [0.2, 0.25) is 0 Å². The first kappa shape index (κ1) is 11.4. The van der Waals surface area contributed by atoms with Gasteiger partial charge in [0.2, 0.25) is 10.0 Å². The molecule has 1 aliphatic rings. The summed E-state index contributed by atoms with van der Waals surface area (Å²) in [5, 5.41) is 0. The first-order chi connectivity index (χ1) is 7.40. The lowest BCUT2D eigenvalue weighted by Gasteiger charge is -2.09. The number of rotatable bonds is 3. The third kappa shape index (κ3) is 2.20. The van der Waals surface area contributed by atoms with E-state index in [-0.39, 0.29) is 10.9 Å². The Morgan fingerprint density at radius 2 is 2.06 bits per heavy atom. The standard InChI is InChI=1S/C11H16N2O2S/c1-7-3-4-9(12)6-11(7)16(14,15)13-10-5-8(10)2/h3-4,6,8,10,13H,5,12H2,1-2H3. The molecule has 1 aromatic rings. The summed E-state index contributed by atoms with van der Waals surface area (Å²) in [7, 11) is -3.41. The van der Waals surface area contributed by atoms with Crippen molar-refractivity contribution in [1.29, 1.82) is 0 Å². The minimum absolute atomic E-state index is 0.0887. The average Bonchev–Trinajstić information content (AvgIpc) is 2.85. The number of nitrogen functional groups attached to an aromatic ring is 1. The number of nitrogens with two attached hydrogens (primary N) is 1. The Balaban J connectivity index is 2.31. The van der Waals surface area contributed by atoms with Crippen molar-refractivity contribution in [3.05, 3.63) is 23.8 Å². The molecule has 0 amide bonds. The number of anilines is 1. The molecule has 0 aromatic heterocycles. The lowest BCUT2D eigenvalue weighted by atomic mass is 10.2. The van der Waals surface area contributed by atoms with E-state index in [0.29, 0.717) is 11.6 Å². The van der Waals surface area contributed by atoms with Crippen LogP contribution in [0.4, 0.5) is 5.69 Å². The highest BCUT2D eigenvalue weighted by Crippen LogP contribution is 2.31.